The molecule has 9 heteroatoms. The van der Waals surface area contributed by atoms with Crippen LogP contribution in [0.3, 0.4) is 0 Å². The molecule has 2 fully saturated rings. The minimum absolute atomic E-state index is 0.228. The average Bonchev–Trinajstić information content (AvgIpc) is 3.10. The Kier molecular flexibility index (Phi) is 4.00. The fourth-order valence-corrected chi connectivity index (χ4v) is 5.21. The van der Waals surface area contributed by atoms with Crippen LogP contribution in [0.2, 0.25) is 0 Å². The number of nitrogens with zero attached hydrogens (tertiary/aromatic N) is 6. The Balaban J connectivity index is 1.31. The standard InChI is InChI=1S/C23H22FN7O/c1-14-8-30-9-15(7-18(24)21(30)26-14)27-22(32)17-3-4-19(16-5-6-25-28-20(16)17)31-12-23(13-31)10-29(2)11-23/h3-9H,10-13H2,1-2H3,(H,27,32). The van der Waals surface area contributed by atoms with Crippen molar-refractivity contribution >= 4 is 33.8 Å². The monoisotopic (exact) mass is 431 g/mol. The molecular weight excluding hydrogens is 409 g/mol. The molecule has 0 saturated carbocycles. The molecule has 0 aliphatic carbocycles. The molecular formula is C23H22FN7O. The number of carbonyl (C=O) groups excluding carboxylic acids is 1. The summed E-state index contributed by atoms with van der Waals surface area (Å²) in [6, 6.07) is 6.91. The van der Waals surface area contributed by atoms with Gasteiger partial charge in [0.05, 0.1) is 23.1 Å². The Morgan fingerprint density at radius 1 is 1.16 bits per heavy atom. The van der Waals surface area contributed by atoms with Crippen molar-refractivity contribution in [3.63, 3.8) is 0 Å². The van der Waals surface area contributed by atoms with E-state index in [-0.39, 0.29) is 11.6 Å². The first kappa shape index (κ1) is 19.1. The smallest absolute Gasteiger partial charge is 0.257 e. The lowest BCUT2D eigenvalue weighted by atomic mass is 9.73. The summed E-state index contributed by atoms with van der Waals surface area (Å²) >= 11 is 0. The topological polar surface area (TPSA) is 78.7 Å². The average molecular weight is 431 g/mol. The predicted octanol–water partition coefficient (Wildman–Crippen LogP) is 2.73. The molecule has 0 unspecified atom stereocenters. The molecule has 2 aliphatic rings. The molecule has 1 spiro atoms. The van der Waals surface area contributed by atoms with Gasteiger partial charge in [0.1, 0.15) is 5.52 Å². The second-order valence-electron chi connectivity index (χ2n) is 9.10. The van der Waals surface area contributed by atoms with E-state index in [2.05, 4.69) is 37.3 Å². The second-order valence-corrected chi connectivity index (χ2v) is 9.10. The van der Waals surface area contributed by atoms with Gasteiger partial charge in [-0.15, -0.1) is 5.10 Å². The van der Waals surface area contributed by atoms with Crippen molar-refractivity contribution in [1.29, 1.82) is 0 Å². The number of benzene rings is 1. The molecule has 0 atom stereocenters. The first-order valence-corrected chi connectivity index (χ1v) is 10.5. The Morgan fingerprint density at radius 3 is 2.75 bits per heavy atom. The number of imidazole rings is 1. The molecule has 0 bridgehead atoms. The van der Waals surface area contributed by atoms with E-state index in [0.717, 1.165) is 37.3 Å². The third-order valence-electron chi connectivity index (χ3n) is 6.39. The molecule has 1 amide bonds. The van der Waals surface area contributed by atoms with Crippen molar-refractivity contribution in [2.75, 3.05) is 43.4 Å². The maximum atomic E-state index is 14.4. The van der Waals surface area contributed by atoms with Crippen molar-refractivity contribution < 1.29 is 9.18 Å². The molecule has 1 aromatic carbocycles. The largest absolute Gasteiger partial charge is 0.370 e. The third-order valence-corrected chi connectivity index (χ3v) is 6.39. The molecule has 162 valence electrons. The minimum Gasteiger partial charge on any atom is -0.370 e. The summed E-state index contributed by atoms with van der Waals surface area (Å²) in [5.41, 5.74) is 3.67. The lowest BCUT2D eigenvalue weighted by Crippen LogP contribution is -2.71. The molecule has 2 aliphatic heterocycles. The summed E-state index contributed by atoms with van der Waals surface area (Å²) in [4.78, 5) is 21.9. The van der Waals surface area contributed by atoms with Gasteiger partial charge >= 0.3 is 0 Å². The lowest BCUT2D eigenvalue weighted by molar-refractivity contribution is -0.00224. The molecule has 6 rings (SSSR count). The van der Waals surface area contributed by atoms with E-state index in [0.29, 0.717) is 27.9 Å². The van der Waals surface area contributed by atoms with Crippen LogP contribution in [0.4, 0.5) is 15.8 Å². The first-order chi connectivity index (χ1) is 15.4. The lowest BCUT2D eigenvalue weighted by Gasteiger charge is -2.60. The maximum Gasteiger partial charge on any atom is 0.257 e. The van der Waals surface area contributed by atoms with E-state index in [9.17, 15) is 9.18 Å². The molecule has 4 aromatic rings. The van der Waals surface area contributed by atoms with Crippen LogP contribution in [-0.2, 0) is 0 Å². The summed E-state index contributed by atoms with van der Waals surface area (Å²) in [5.74, 6) is -0.859. The third kappa shape index (κ3) is 2.92. The van der Waals surface area contributed by atoms with E-state index < -0.39 is 5.82 Å². The highest BCUT2D eigenvalue weighted by atomic mass is 19.1. The number of anilines is 2. The van der Waals surface area contributed by atoms with Gasteiger partial charge in [-0.3, -0.25) is 4.79 Å². The van der Waals surface area contributed by atoms with Crippen molar-refractivity contribution in [1.82, 2.24) is 24.5 Å². The quantitative estimate of drug-likeness (QED) is 0.538. The minimum atomic E-state index is -0.496. The second kappa shape index (κ2) is 6.70. The molecule has 2 saturated heterocycles. The Labute approximate surface area is 183 Å². The maximum absolute atomic E-state index is 14.4. The summed E-state index contributed by atoms with van der Waals surface area (Å²) in [7, 11) is 2.14. The highest BCUT2D eigenvalue weighted by Gasteiger charge is 2.50. The first-order valence-electron chi connectivity index (χ1n) is 10.5. The zero-order valence-electron chi connectivity index (χ0n) is 17.8. The van der Waals surface area contributed by atoms with Crippen LogP contribution in [-0.4, -0.2) is 63.6 Å². The molecule has 3 aromatic heterocycles. The molecule has 8 nitrogen and oxygen atoms in total. The number of rotatable bonds is 3. The molecule has 32 heavy (non-hydrogen) atoms. The van der Waals surface area contributed by atoms with Crippen molar-refractivity contribution in [3.05, 3.63) is 59.9 Å². The van der Waals surface area contributed by atoms with Gasteiger partial charge in [-0.2, -0.15) is 5.10 Å². The normalized spacial score (nSPS) is 17.5. The number of hydrogen-bond donors (Lipinski definition) is 1. The van der Waals surface area contributed by atoms with Crippen LogP contribution >= 0.6 is 0 Å². The fourth-order valence-electron chi connectivity index (χ4n) is 5.21. The van der Waals surface area contributed by atoms with E-state index in [1.807, 2.05) is 12.1 Å². The zero-order valence-corrected chi connectivity index (χ0v) is 17.8. The van der Waals surface area contributed by atoms with Crippen LogP contribution in [0.1, 0.15) is 16.1 Å². The number of halogens is 1. The molecule has 1 N–H and O–H groups in total. The zero-order chi connectivity index (χ0) is 22.0. The highest BCUT2D eigenvalue weighted by molar-refractivity contribution is 6.13. The van der Waals surface area contributed by atoms with E-state index in [1.165, 1.54) is 6.07 Å². The van der Waals surface area contributed by atoms with Gasteiger partial charge in [0.15, 0.2) is 11.5 Å². The van der Waals surface area contributed by atoms with Gasteiger partial charge in [0.2, 0.25) is 0 Å². The summed E-state index contributed by atoms with van der Waals surface area (Å²) in [6.07, 6.45) is 5.00. The summed E-state index contributed by atoms with van der Waals surface area (Å²) in [5, 5.41) is 11.9. The summed E-state index contributed by atoms with van der Waals surface area (Å²) < 4.78 is 16.0. The number of likely N-dealkylation sites (tertiary alicyclic amines) is 1. The van der Waals surface area contributed by atoms with Gasteiger partial charge in [0, 0.05) is 61.1 Å². The van der Waals surface area contributed by atoms with Crippen LogP contribution in [0.25, 0.3) is 16.6 Å². The predicted molar refractivity (Wildman–Crippen MR) is 120 cm³/mol. The number of pyridine rings is 1. The van der Waals surface area contributed by atoms with Gasteiger partial charge in [0.25, 0.3) is 5.91 Å². The van der Waals surface area contributed by atoms with Crippen LogP contribution in [0.5, 0.6) is 0 Å². The van der Waals surface area contributed by atoms with Crippen LogP contribution in [0.15, 0.2) is 42.9 Å². The van der Waals surface area contributed by atoms with Gasteiger partial charge in [-0.05, 0) is 32.2 Å². The number of aromatic nitrogens is 4. The van der Waals surface area contributed by atoms with Crippen molar-refractivity contribution in [2.45, 2.75) is 6.92 Å². The number of carbonyl (C=O) groups is 1. The van der Waals surface area contributed by atoms with Gasteiger partial charge in [-0.25, -0.2) is 9.37 Å². The number of aryl methyl sites for hydroxylation is 1. The van der Waals surface area contributed by atoms with Crippen molar-refractivity contribution in [3.8, 4) is 0 Å². The molecule has 5 heterocycles. The SMILES string of the molecule is Cc1cn2cc(NC(=O)c3ccc(N4CC5(CN(C)C5)C4)c4ccnnc34)cc(F)c2n1. The number of fused-ring (bicyclic) bond motifs is 2. The number of nitrogens with one attached hydrogen (secondary N) is 1. The van der Waals surface area contributed by atoms with E-state index >= 15 is 0 Å². The van der Waals surface area contributed by atoms with Gasteiger partial charge < -0.3 is 19.5 Å². The Morgan fingerprint density at radius 2 is 1.97 bits per heavy atom. The highest BCUT2D eigenvalue weighted by Crippen LogP contribution is 2.43. The van der Waals surface area contributed by atoms with Crippen LogP contribution < -0.4 is 10.2 Å². The van der Waals surface area contributed by atoms with E-state index in [1.54, 1.807) is 36.0 Å². The van der Waals surface area contributed by atoms with Crippen LogP contribution in [0, 0.1) is 18.2 Å². The molecule has 0 radical (unpaired) electrons. The number of hydrogen-bond acceptors (Lipinski definition) is 6. The Bertz CT molecular complexity index is 1380. The van der Waals surface area contributed by atoms with Gasteiger partial charge in [-0.1, -0.05) is 0 Å². The van der Waals surface area contributed by atoms with E-state index in [4.69, 9.17) is 0 Å². The van der Waals surface area contributed by atoms with Crippen molar-refractivity contribution in [2.24, 2.45) is 5.41 Å². The summed E-state index contributed by atoms with van der Waals surface area (Å²) in [6.45, 7) is 6.05. The number of amides is 1. The fraction of sp³-hybridized carbons (Fsp3) is 0.304. The Hall–Kier alpha value is -3.59.